The van der Waals surface area contributed by atoms with Crippen molar-refractivity contribution in [2.45, 2.75) is 6.42 Å². The predicted octanol–water partition coefficient (Wildman–Crippen LogP) is 3.23. The average Bonchev–Trinajstić information content (AvgIpc) is 2.79. The number of hydrogen-bond donors (Lipinski definition) is 1. The molecule has 0 atom stereocenters. The first-order chi connectivity index (χ1) is 9.22. The van der Waals surface area contributed by atoms with Gasteiger partial charge in [-0.25, -0.2) is 0 Å². The fourth-order valence-corrected chi connectivity index (χ4v) is 2.24. The van der Waals surface area contributed by atoms with Crippen molar-refractivity contribution in [1.29, 1.82) is 0 Å². The van der Waals surface area contributed by atoms with Crippen molar-refractivity contribution in [2.24, 2.45) is 0 Å². The highest BCUT2D eigenvalue weighted by Gasteiger charge is 2.05. The maximum Gasteiger partial charge on any atom is 0.307 e. The molecule has 94 valence electrons. The van der Waals surface area contributed by atoms with Crippen LogP contribution in [0.15, 0.2) is 60.9 Å². The lowest BCUT2D eigenvalue weighted by molar-refractivity contribution is -0.136. The molecule has 0 unspecified atom stereocenters. The van der Waals surface area contributed by atoms with Crippen LogP contribution in [0.5, 0.6) is 0 Å². The summed E-state index contributed by atoms with van der Waals surface area (Å²) >= 11 is 0. The predicted molar refractivity (Wildman–Crippen MR) is 74.2 cm³/mol. The van der Waals surface area contributed by atoms with Gasteiger partial charge in [-0.05, 0) is 28.8 Å². The number of rotatable bonds is 3. The fourth-order valence-electron chi connectivity index (χ4n) is 2.24. The van der Waals surface area contributed by atoms with E-state index in [1.807, 2.05) is 47.1 Å². The zero-order chi connectivity index (χ0) is 13.2. The number of carboxylic acid groups (broad SMARTS) is 1. The summed E-state index contributed by atoms with van der Waals surface area (Å²) in [5.41, 5.74) is 4.09. The molecular formula is C16H13NO2. The second-order valence-corrected chi connectivity index (χ2v) is 4.53. The van der Waals surface area contributed by atoms with E-state index < -0.39 is 5.97 Å². The zero-order valence-corrected chi connectivity index (χ0v) is 10.3. The van der Waals surface area contributed by atoms with Gasteiger partial charge >= 0.3 is 5.97 Å². The molecule has 0 aliphatic carbocycles. The van der Waals surface area contributed by atoms with E-state index in [0.29, 0.717) is 0 Å². The highest BCUT2D eigenvalue weighted by atomic mass is 16.4. The molecule has 3 rings (SSSR count). The summed E-state index contributed by atoms with van der Waals surface area (Å²) in [6, 6.07) is 16.1. The van der Waals surface area contributed by atoms with E-state index in [0.717, 1.165) is 22.2 Å². The summed E-state index contributed by atoms with van der Waals surface area (Å²) in [7, 11) is 0. The molecule has 0 radical (unpaired) electrons. The summed E-state index contributed by atoms with van der Waals surface area (Å²) in [6.07, 6.45) is 3.95. The van der Waals surface area contributed by atoms with Crippen LogP contribution in [0, 0.1) is 0 Å². The second-order valence-electron chi connectivity index (χ2n) is 4.53. The van der Waals surface area contributed by atoms with Gasteiger partial charge in [-0.3, -0.25) is 4.79 Å². The third-order valence-corrected chi connectivity index (χ3v) is 3.11. The Morgan fingerprint density at radius 1 is 1.00 bits per heavy atom. The van der Waals surface area contributed by atoms with Gasteiger partial charge in [0.2, 0.25) is 0 Å². The summed E-state index contributed by atoms with van der Waals surface area (Å²) < 4.78 is 1.97. The van der Waals surface area contributed by atoms with E-state index in [2.05, 4.69) is 18.2 Å². The van der Waals surface area contributed by atoms with E-state index in [4.69, 9.17) is 5.11 Å². The molecule has 3 nitrogen and oxygen atoms in total. The summed E-state index contributed by atoms with van der Waals surface area (Å²) in [5, 5.41) is 8.82. The highest BCUT2D eigenvalue weighted by Crippen LogP contribution is 2.21. The summed E-state index contributed by atoms with van der Waals surface area (Å²) in [6.45, 7) is 0. The van der Waals surface area contributed by atoms with Gasteiger partial charge in [0.15, 0.2) is 0 Å². The van der Waals surface area contributed by atoms with Crippen molar-refractivity contribution in [1.82, 2.24) is 4.40 Å². The third-order valence-electron chi connectivity index (χ3n) is 3.11. The Morgan fingerprint density at radius 2 is 1.79 bits per heavy atom. The Bertz CT molecular complexity index is 729. The first-order valence-electron chi connectivity index (χ1n) is 6.10. The molecule has 0 bridgehead atoms. The number of fused-ring (bicyclic) bond motifs is 1. The van der Waals surface area contributed by atoms with Gasteiger partial charge in [-0.1, -0.05) is 36.4 Å². The normalized spacial score (nSPS) is 10.7. The van der Waals surface area contributed by atoms with Crippen molar-refractivity contribution < 1.29 is 9.90 Å². The van der Waals surface area contributed by atoms with Gasteiger partial charge in [-0.15, -0.1) is 0 Å². The minimum atomic E-state index is -0.806. The minimum Gasteiger partial charge on any atom is -0.481 e. The molecule has 2 aromatic heterocycles. The van der Waals surface area contributed by atoms with Crippen molar-refractivity contribution in [3.63, 3.8) is 0 Å². The number of aliphatic carboxylic acids is 1. The molecule has 0 spiro atoms. The molecule has 0 fully saturated rings. The summed E-state index contributed by atoms with van der Waals surface area (Å²) in [4.78, 5) is 10.7. The van der Waals surface area contributed by atoms with Crippen molar-refractivity contribution in [2.75, 3.05) is 0 Å². The molecule has 1 N–H and O–H groups in total. The third kappa shape index (κ3) is 2.36. The molecule has 2 heterocycles. The van der Waals surface area contributed by atoms with Crippen molar-refractivity contribution >= 4 is 11.5 Å². The first kappa shape index (κ1) is 11.5. The quantitative estimate of drug-likeness (QED) is 0.776. The van der Waals surface area contributed by atoms with Crippen molar-refractivity contribution in [3.8, 4) is 11.1 Å². The molecule has 0 saturated heterocycles. The Hall–Kier alpha value is -2.55. The fraction of sp³-hybridized carbons (Fsp3) is 0.0625. The van der Waals surface area contributed by atoms with Gasteiger partial charge < -0.3 is 9.51 Å². The molecule has 0 aliphatic rings. The van der Waals surface area contributed by atoms with E-state index >= 15 is 0 Å². The Balaban J connectivity index is 2.03. The maximum absolute atomic E-state index is 10.7. The number of benzene rings is 1. The topological polar surface area (TPSA) is 41.7 Å². The van der Waals surface area contributed by atoms with Gasteiger partial charge in [0.25, 0.3) is 0 Å². The van der Waals surface area contributed by atoms with Crippen LogP contribution in [-0.2, 0) is 11.2 Å². The van der Waals surface area contributed by atoms with Crippen LogP contribution < -0.4 is 0 Å². The van der Waals surface area contributed by atoms with E-state index in [9.17, 15) is 4.79 Å². The first-order valence-corrected chi connectivity index (χ1v) is 6.10. The maximum atomic E-state index is 10.7. The van der Waals surface area contributed by atoms with Crippen LogP contribution in [0.1, 0.15) is 5.56 Å². The smallest absolute Gasteiger partial charge is 0.307 e. The average molecular weight is 251 g/mol. The Morgan fingerprint density at radius 3 is 2.53 bits per heavy atom. The number of aromatic nitrogens is 1. The summed E-state index contributed by atoms with van der Waals surface area (Å²) in [5.74, 6) is -0.806. The van der Waals surface area contributed by atoms with Crippen molar-refractivity contribution in [3.05, 3.63) is 66.5 Å². The van der Waals surface area contributed by atoms with Gasteiger partial charge in [0.1, 0.15) is 0 Å². The molecule has 0 amide bonds. The van der Waals surface area contributed by atoms with Crippen LogP contribution in [0.3, 0.4) is 0 Å². The van der Waals surface area contributed by atoms with Gasteiger partial charge in [-0.2, -0.15) is 0 Å². The Kier molecular flexibility index (Phi) is 2.80. The molecule has 0 aliphatic heterocycles. The number of pyridine rings is 1. The van der Waals surface area contributed by atoms with E-state index in [1.165, 1.54) is 0 Å². The number of carboxylic acids is 1. The minimum absolute atomic E-state index is 0.0579. The largest absolute Gasteiger partial charge is 0.481 e. The molecule has 0 saturated carbocycles. The zero-order valence-electron chi connectivity index (χ0n) is 10.3. The second kappa shape index (κ2) is 4.61. The standard InChI is InChI=1S/C16H13NO2/c18-16(19)9-12-8-15-7-6-14(11-17(15)10-12)13-4-2-1-3-5-13/h1-8,10-11H,9H2,(H,18,19). The number of nitrogens with zero attached hydrogens (tertiary/aromatic N) is 1. The lowest BCUT2D eigenvalue weighted by Crippen LogP contribution is -1.98. The molecular weight excluding hydrogens is 238 g/mol. The number of carbonyl (C=O) groups is 1. The molecule has 19 heavy (non-hydrogen) atoms. The van der Waals surface area contributed by atoms with Gasteiger partial charge in [0.05, 0.1) is 6.42 Å². The highest BCUT2D eigenvalue weighted by molar-refractivity contribution is 5.72. The SMILES string of the molecule is O=C(O)Cc1cc2ccc(-c3ccccc3)cn2c1. The van der Waals surface area contributed by atoms with E-state index in [1.54, 1.807) is 0 Å². The van der Waals surface area contributed by atoms with Crippen LogP contribution >= 0.6 is 0 Å². The van der Waals surface area contributed by atoms with Gasteiger partial charge in [0, 0.05) is 17.9 Å². The lowest BCUT2D eigenvalue weighted by atomic mass is 10.1. The Labute approximate surface area is 110 Å². The molecule has 1 aromatic carbocycles. The van der Waals surface area contributed by atoms with Crippen LogP contribution in [0.4, 0.5) is 0 Å². The van der Waals surface area contributed by atoms with Crippen LogP contribution in [0.2, 0.25) is 0 Å². The number of hydrogen-bond acceptors (Lipinski definition) is 1. The lowest BCUT2D eigenvalue weighted by Gasteiger charge is -2.02. The monoisotopic (exact) mass is 251 g/mol. The van der Waals surface area contributed by atoms with Crippen LogP contribution in [0.25, 0.3) is 16.6 Å². The molecule has 3 aromatic rings. The van der Waals surface area contributed by atoms with E-state index in [-0.39, 0.29) is 6.42 Å². The van der Waals surface area contributed by atoms with Crippen LogP contribution in [-0.4, -0.2) is 15.5 Å². The molecule has 3 heteroatoms.